The molecule has 0 saturated carbocycles. The number of phenolic OH excluding ortho intramolecular Hbond substituents is 1. The molecule has 0 aliphatic heterocycles. The highest BCUT2D eigenvalue weighted by Gasteiger charge is 2.08. The molecule has 6 heteroatoms. The third kappa shape index (κ3) is 3.97. The van der Waals surface area contributed by atoms with Gasteiger partial charge in [-0.1, -0.05) is 36.4 Å². The number of hydrogen-bond acceptors (Lipinski definition) is 4. The molecule has 0 aromatic heterocycles. The van der Waals surface area contributed by atoms with Crippen LogP contribution >= 0.6 is 0 Å². The number of aromatic hydroxyl groups is 1. The van der Waals surface area contributed by atoms with E-state index >= 15 is 0 Å². The second-order valence-corrected chi connectivity index (χ2v) is 5.48. The molecule has 0 fully saturated rings. The highest BCUT2D eigenvalue weighted by atomic mass is 16.5. The zero-order valence-corrected chi connectivity index (χ0v) is 14.4. The van der Waals surface area contributed by atoms with Crippen molar-refractivity contribution >= 4 is 22.5 Å². The topological polar surface area (TPSA) is 79.8 Å². The number of urea groups is 1. The van der Waals surface area contributed by atoms with Gasteiger partial charge in [0.05, 0.1) is 12.3 Å². The molecule has 2 amide bonds. The van der Waals surface area contributed by atoms with Gasteiger partial charge in [0.1, 0.15) is 5.75 Å². The average Bonchev–Trinajstić information content (AvgIpc) is 2.64. The van der Waals surface area contributed by atoms with Crippen LogP contribution in [0.25, 0.3) is 10.8 Å². The summed E-state index contributed by atoms with van der Waals surface area (Å²) < 4.78 is 11.0. The van der Waals surface area contributed by atoms with E-state index < -0.39 is 6.03 Å². The molecule has 0 radical (unpaired) electrons. The van der Waals surface area contributed by atoms with E-state index in [0.29, 0.717) is 29.2 Å². The zero-order valence-electron chi connectivity index (χ0n) is 14.4. The smallest absolute Gasteiger partial charge is 0.321 e. The van der Waals surface area contributed by atoms with Crippen LogP contribution in [-0.2, 0) is 0 Å². The number of nitrogens with one attached hydrogen (secondary N) is 2. The van der Waals surface area contributed by atoms with Crippen LogP contribution in [-0.4, -0.2) is 24.5 Å². The quantitative estimate of drug-likeness (QED) is 0.584. The van der Waals surface area contributed by atoms with Crippen LogP contribution in [0.15, 0.2) is 60.7 Å². The van der Waals surface area contributed by atoms with Crippen LogP contribution in [0.1, 0.15) is 6.92 Å². The third-order valence-corrected chi connectivity index (χ3v) is 3.76. The zero-order chi connectivity index (χ0) is 18.4. The number of ether oxygens (including phenoxy) is 2. The number of fused-ring (bicyclic) bond motifs is 1. The Morgan fingerprint density at radius 3 is 2.38 bits per heavy atom. The first-order valence-corrected chi connectivity index (χ1v) is 8.29. The van der Waals surface area contributed by atoms with Gasteiger partial charge in [0.15, 0.2) is 18.2 Å². The Hall–Kier alpha value is -3.41. The van der Waals surface area contributed by atoms with Gasteiger partial charge < -0.3 is 25.2 Å². The van der Waals surface area contributed by atoms with E-state index in [1.165, 1.54) is 0 Å². The lowest BCUT2D eigenvalue weighted by Crippen LogP contribution is -2.32. The lowest BCUT2D eigenvalue weighted by molar-refractivity contribution is 0.229. The number of benzene rings is 3. The number of amides is 2. The molecular weight excluding hydrogens is 332 g/mol. The van der Waals surface area contributed by atoms with Crippen LogP contribution in [0.4, 0.5) is 10.5 Å². The maximum atomic E-state index is 12.1. The minimum absolute atomic E-state index is 0.00800. The molecule has 0 spiro atoms. The van der Waals surface area contributed by atoms with Crippen LogP contribution in [0.5, 0.6) is 17.2 Å². The monoisotopic (exact) mass is 352 g/mol. The van der Waals surface area contributed by atoms with Crippen molar-refractivity contribution in [3.63, 3.8) is 0 Å². The van der Waals surface area contributed by atoms with Gasteiger partial charge in [-0.05, 0) is 31.2 Å². The molecule has 134 valence electrons. The van der Waals surface area contributed by atoms with E-state index in [0.717, 1.165) is 5.39 Å². The van der Waals surface area contributed by atoms with Gasteiger partial charge >= 0.3 is 6.03 Å². The van der Waals surface area contributed by atoms with Crippen molar-refractivity contribution in [1.29, 1.82) is 0 Å². The largest absolute Gasteiger partial charge is 0.507 e. The molecule has 3 aromatic rings. The molecule has 0 heterocycles. The molecule has 3 aromatic carbocycles. The van der Waals surface area contributed by atoms with E-state index in [2.05, 4.69) is 10.6 Å². The lowest BCUT2D eigenvalue weighted by Gasteiger charge is -2.13. The summed E-state index contributed by atoms with van der Waals surface area (Å²) in [5.74, 6) is 1.36. The summed E-state index contributed by atoms with van der Waals surface area (Å²) in [6, 6.07) is 17.4. The fourth-order valence-electron chi connectivity index (χ4n) is 2.59. The fourth-order valence-corrected chi connectivity index (χ4v) is 2.59. The number of hydrogen-bond donors (Lipinski definition) is 3. The summed E-state index contributed by atoms with van der Waals surface area (Å²) in [5, 5.41) is 16.7. The lowest BCUT2D eigenvalue weighted by atomic mass is 10.1. The van der Waals surface area contributed by atoms with Gasteiger partial charge in [-0.3, -0.25) is 0 Å². The minimum Gasteiger partial charge on any atom is -0.507 e. The van der Waals surface area contributed by atoms with Gasteiger partial charge in [0.2, 0.25) is 0 Å². The van der Waals surface area contributed by atoms with E-state index in [9.17, 15) is 9.90 Å². The fraction of sp³-hybridized carbons (Fsp3) is 0.150. The standard InChI is InChI=1S/C20H20N2O4/c1-2-25-18-11-3-4-12-19(18)26-13-21-20(24)22-16-9-5-8-15-14(16)7-6-10-17(15)23/h3-12,23H,2,13H2,1H3,(H2,21,22,24). The SMILES string of the molecule is CCOc1ccccc1OCNC(=O)Nc1cccc2c(O)cccc12. The van der Waals surface area contributed by atoms with Crippen molar-refractivity contribution in [3.05, 3.63) is 60.7 Å². The summed E-state index contributed by atoms with van der Waals surface area (Å²) in [4.78, 5) is 12.1. The second-order valence-electron chi connectivity index (χ2n) is 5.48. The highest BCUT2D eigenvalue weighted by Crippen LogP contribution is 2.29. The Morgan fingerprint density at radius 1 is 0.923 bits per heavy atom. The Kier molecular flexibility index (Phi) is 5.43. The maximum absolute atomic E-state index is 12.1. The summed E-state index contributed by atoms with van der Waals surface area (Å²) in [5.41, 5.74) is 0.602. The molecular formula is C20H20N2O4. The highest BCUT2D eigenvalue weighted by molar-refractivity contribution is 6.03. The van der Waals surface area contributed by atoms with Crippen LogP contribution in [0, 0.1) is 0 Å². The van der Waals surface area contributed by atoms with Gasteiger partial charge in [0, 0.05) is 10.8 Å². The molecule has 0 bridgehead atoms. The second kappa shape index (κ2) is 8.11. The van der Waals surface area contributed by atoms with E-state index in [1.807, 2.05) is 31.2 Å². The van der Waals surface area contributed by atoms with Crippen molar-refractivity contribution in [2.45, 2.75) is 6.92 Å². The minimum atomic E-state index is -0.408. The predicted octanol–water partition coefficient (Wildman–Crippen LogP) is 4.10. The van der Waals surface area contributed by atoms with Crippen molar-refractivity contribution < 1.29 is 19.4 Å². The molecule has 26 heavy (non-hydrogen) atoms. The number of para-hydroxylation sites is 2. The summed E-state index contributed by atoms with van der Waals surface area (Å²) in [6.07, 6.45) is 0. The molecule has 0 atom stereocenters. The van der Waals surface area contributed by atoms with Gasteiger partial charge in [-0.2, -0.15) is 0 Å². The number of carbonyl (C=O) groups is 1. The number of carbonyl (C=O) groups excluding carboxylic acids is 1. The van der Waals surface area contributed by atoms with Gasteiger partial charge in [0.25, 0.3) is 0 Å². The van der Waals surface area contributed by atoms with Crippen molar-refractivity contribution in [1.82, 2.24) is 5.32 Å². The van der Waals surface area contributed by atoms with Crippen molar-refractivity contribution in [2.24, 2.45) is 0 Å². The summed E-state index contributed by atoms with van der Waals surface area (Å²) in [7, 11) is 0. The molecule has 0 aliphatic carbocycles. The van der Waals surface area contributed by atoms with Gasteiger partial charge in [-0.15, -0.1) is 0 Å². The molecule has 3 rings (SSSR count). The Balaban J connectivity index is 1.61. The first-order chi connectivity index (χ1) is 12.7. The van der Waals surface area contributed by atoms with E-state index in [-0.39, 0.29) is 12.5 Å². The first-order valence-electron chi connectivity index (χ1n) is 8.29. The Bertz CT molecular complexity index is 911. The summed E-state index contributed by atoms with van der Waals surface area (Å²) >= 11 is 0. The van der Waals surface area contributed by atoms with Crippen LogP contribution in [0.2, 0.25) is 0 Å². The van der Waals surface area contributed by atoms with Crippen LogP contribution < -0.4 is 20.1 Å². The normalized spacial score (nSPS) is 10.3. The van der Waals surface area contributed by atoms with Crippen LogP contribution in [0.3, 0.4) is 0 Å². The molecule has 0 aliphatic rings. The first kappa shape index (κ1) is 17.4. The van der Waals surface area contributed by atoms with Crippen molar-refractivity contribution in [2.75, 3.05) is 18.7 Å². The van der Waals surface area contributed by atoms with E-state index in [1.54, 1.807) is 36.4 Å². The maximum Gasteiger partial charge on any atom is 0.321 e. The average molecular weight is 352 g/mol. The third-order valence-electron chi connectivity index (χ3n) is 3.76. The Morgan fingerprint density at radius 2 is 1.62 bits per heavy atom. The number of rotatable bonds is 6. The molecule has 0 saturated heterocycles. The van der Waals surface area contributed by atoms with Gasteiger partial charge in [-0.25, -0.2) is 4.79 Å². The number of phenols is 1. The van der Waals surface area contributed by atoms with E-state index in [4.69, 9.17) is 9.47 Å². The summed E-state index contributed by atoms with van der Waals surface area (Å²) in [6.45, 7) is 2.42. The molecule has 3 N–H and O–H groups in total. The molecule has 6 nitrogen and oxygen atoms in total. The Labute approximate surface area is 151 Å². The molecule has 0 unspecified atom stereocenters. The number of anilines is 1. The van der Waals surface area contributed by atoms with Crippen molar-refractivity contribution in [3.8, 4) is 17.2 Å². The predicted molar refractivity (Wildman–Crippen MR) is 101 cm³/mol.